The number of amides is 3. The minimum absolute atomic E-state index is 0.0488. The Balaban J connectivity index is 1.61. The van der Waals surface area contributed by atoms with Crippen molar-refractivity contribution < 1.29 is 14.4 Å². The average molecular weight is 402 g/mol. The van der Waals surface area contributed by atoms with Gasteiger partial charge in [0.05, 0.1) is 22.3 Å². The zero-order chi connectivity index (χ0) is 21.1. The normalized spacial score (nSPS) is 13.1. The quantitative estimate of drug-likeness (QED) is 0.564. The lowest BCUT2D eigenvalue weighted by atomic mass is 10.0. The summed E-state index contributed by atoms with van der Waals surface area (Å²) >= 11 is 0. The average Bonchev–Trinajstić information content (AvgIpc) is 3.58. The summed E-state index contributed by atoms with van der Waals surface area (Å²) in [5, 5.41) is 6.28. The first-order chi connectivity index (χ1) is 14.5. The predicted octanol–water partition coefficient (Wildman–Crippen LogP) is 2.97. The Kier molecular flexibility index (Phi) is 5.43. The smallest absolute Gasteiger partial charge is 0.256 e. The van der Waals surface area contributed by atoms with Crippen molar-refractivity contribution in [2.75, 3.05) is 11.9 Å². The largest absolute Gasteiger partial charge is 0.370 e. The number of fused-ring (bicyclic) bond motifs is 1. The van der Waals surface area contributed by atoms with Crippen LogP contribution in [-0.2, 0) is 4.79 Å². The molecule has 0 radical (unpaired) electrons. The molecule has 1 heterocycles. The molecular formula is C23H22N4O3. The van der Waals surface area contributed by atoms with Crippen LogP contribution in [0.3, 0.4) is 0 Å². The predicted molar refractivity (Wildman–Crippen MR) is 114 cm³/mol. The van der Waals surface area contributed by atoms with Crippen LogP contribution in [0, 0.1) is 0 Å². The first-order valence-electron chi connectivity index (χ1n) is 9.89. The van der Waals surface area contributed by atoms with Crippen LogP contribution in [0.2, 0.25) is 0 Å². The Morgan fingerprint density at radius 1 is 0.967 bits per heavy atom. The van der Waals surface area contributed by atoms with Crippen LogP contribution in [-0.4, -0.2) is 29.3 Å². The zero-order valence-electron chi connectivity index (χ0n) is 16.4. The molecule has 1 aromatic heterocycles. The van der Waals surface area contributed by atoms with Crippen LogP contribution in [0.1, 0.15) is 51.6 Å². The number of nitrogens with one attached hydrogen (secondary N) is 2. The number of nitrogens with zero attached hydrogens (tertiary/aromatic N) is 1. The maximum Gasteiger partial charge on any atom is 0.256 e. The molecule has 30 heavy (non-hydrogen) atoms. The number of aromatic nitrogens is 1. The minimum Gasteiger partial charge on any atom is -0.370 e. The van der Waals surface area contributed by atoms with Gasteiger partial charge in [-0.25, -0.2) is 0 Å². The molecule has 7 heteroatoms. The molecule has 1 aliphatic carbocycles. The van der Waals surface area contributed by atoms with Crippen molar-refractivity contribution in [3.05, 3.63) is 71.4 Å². The number of anilines is 1. The summed E-state index contributed by atoms with van der Waals surface area (Å²) in [5.74, 6) is -0.768. The van der Waals surface area contributed by atoms with Crippen LogP contribution in [0.4, 0.5) is 5.69 Å². The molecule has 1 aliphatic rings. The Morgan fingerprint density at radius 3 is 2.47 bits per heavy atom. The molecule has 4 N–H and O–H groups in total. The van der Waals surface area contributed by atoms with Gasteiger partial charge in [-0.15, -0.1) is 0 Å². The summed E-state index contributed by atoms with van der Waals surface area (Å²) in [6.45, 7) is 0.135. The fourth-order valence-electron chi connectivity index (χ4n) is 3.35. The maximum absolute atomic E-state index is 13.2. The molecule has 152 valence electrons. The summed E-state index contributed by atoms with van der Waals surface area (Å²) in [5.41, 5.74) is 8.06. The van der Waals surface area contributed by atoms with Gasteiger partial charge in [0.25, 0.3) is 11.8 Å². The van der Waals surface area contributed by atoms with E-state index in [1.807, 2.05) is 30.3 Å². The van der Waals surface area contributed by atoms with Crippen molar-refractivity contribution >= 4 is 34.3 Å². The van der Waals surface area contributed by atoms with Crippen LogP contribution in [0.15, 0.2) is 54.6 Å². The van der Waals surface area contributed by atoms with E-state index in [4.69, 9.17) is 10.7 Å². The number of rotatable bonds is 7. The standard InChI is InChI=1S/C23H22N4O3/c24-21(28)11-12-25-22(29)16-6-2-4-8-19(16)27-23(30)17-13-20(14-9-10-14)26-18-7-3-1-5-15(17)18/h1-8,13-14H,9-12H2,(H2,24,28)(H,25,29)(H,27,30). The second kappa shape index (κ2) is 8.32. The van der Waals surface area contributed by atoms with Crippen molar-refractivity contribution in [1.82, 2.24) is 10.3 Å². The van der Waals surface area contributed by atoms with Gasteiger partial charge in [-0.3, -0.25) is 19.4 Å². The Bertz CT molecular complexity index is 1140. The molecule has 2 aromatic carbocycles. The third kappa shape index (κ3) is 4.30. The first kappa shape index (κ1) is 19.6. The third-order valence-electron chi connectivity index (χ3n) is 5.05. The molecular weight excluding hydrogens is 380 g/mol. The molecule has 0 unspecified atom stereocenters. The second-order valence-electron chi connectivity index (χ2n) is 7.36. The second-order valence-corrected chi connectivity index (χ2v) is 7.36. The highest BCUT2D eigenvalue weighted by Crippen LogP contribution is 2.40. The van der Waals surface area contributed by atoms with E-state index in [2.05, 4.69) is 10.6 Å². The van der Waals surface area contributed by atoms with Crippen molar-refractivity contribution in [3.63, 3.8) is 0 Å². The van der Waals surface area contributed by atoms with Gasteiger partial charge in [-0.2, -0.15) is 0 Å². The lowest BCUT2D eigenvalue weighted by Crippen LogP contribution is -2.28. The zero-order valence-corrected chi connectivity index (χ0v) is 16.4. The monoisotopic (exact) mass is 402 g/mol. The summed E-state index contributed by atoms with van der Waals surface area (Å²) in [4.78, 5) is 41.3. The molecule has 0 aliphatic heterocycles. The molecule has 4 rings (SSSR count). The Labute approximate surface area is 173 Å². The maximum atomic E-state index is 13.2. The number of nitrogens with two attached hydrogens (primary N) is 1. The number of benzene rings is 2. The van der Waals surface area contributed by atoms with Crippen LogP contribution < -0.4 is 16.4 Å². The number of hydrogen-bond donors (Lipinski definition) is 3. The number of primary amides is 1. The van der Waals surface area contributed by atoms with Crippen molar-refractivity contribution in [1.29, 1.82) is 0 Å². The topological polar surface area (TPSA) is 114 Å². The number of hydrogen-bond acceptors (Lipinski definition) is 4. The highest BCUT2D eigenvalue weighted by molar-refractivity contribution is 6.14. The van der Waals surface area contributed by atoms with Gasteiger partial charge in [0.15, 0.2) is 0 Å². The first-order valence-corrected chi connectivity index (χ1v) is 9.89. The highest BCUT2D eigenvalue weighted by Gasteiger charge is 2.27. The Morgan fingerprint density at radius 2 is 1.70 bits per heavy atom. The van der Waals surface area contributed by atoms with E-state index in [0.717, 1.165) is 29.4 Å². The van der Waals surface area contributed by atoms with E-state index in [-0.39, 0.29) is 24.8 Å². The number of para-hydroxylation sites is 2. The molecule has 0 bridgehead atoms. The van der Waals surface area contributed by atoms with E-state index in [0.29, 0.717) is 22.7 Å². The summed E-state index contributed by atoms with van der Waals surface area (Å²) < 4.78 is 0. The molecule has 0 saturated heterocycles. The summed E-state index contributed by atoms with van der Waals surface area (Å²) in [6.07, 6.45) is 2.22. The molecule has 1 saturated carbocycles. The summed E-state index contributed by atoms with van der Waals surface area (Å²) in [6, 6.07) is 16.2. The van der Waals surface area contributed by atoms with Crippen molar-refractivity contribution in [3.8, 4) is 0 Å². The van der Waals surface area contributed by atoms with E-state index in [1.54, 1.807) is 24.3 Å². The minimum atomic E-state index is -0.493. The lowest BCUT2D eigenvalue weighted by molar-refractivity contribution is -0.117. The fraction of sp³-hybridized carbons (Fsp3) is 0.217. The number of carbonyl (C=O) groups excluding carboxylic acids is 3. The van der Waals surface area contributed by atoms with Gasteiger partial charge in [-0.05, 0) is 37.1 Å². The van der Waals surface area contributed by atoms with Crippen LogP contribution >= 0.6 is 0 Å². The van der Waals surface area contributed by atoms with Crippen molar-refractivity contribution in [2.45, 2.75) is 25.2 Å². The van der Waals surface area contributed by atoms with Gasteiger partial charge in [0, 0.05) is 30.0 Å². The molecule has 0 spiro atoms. The SMILES string of the molecule is NC(=O)CCNC(=O)c1ccccc1NC(=O)c1cc(C2CC2)nc2ccccc12. The van der Waals surface area contributed by atoms with E-state index >= 15 is 0 Å². The van der Waals surface area contributed by atoms with Gasteiger partial charge in [0.1, 0.15) is 0 Å². The van der Waals surface area contributed by atoms with E-state index in [9.17, 15) is 14.4 Å². The van der Waals surface area contributed by atoms with Gasteiger partial charge >= 0.3 is 0 Å². The molecule has 7 nitrogen and oxygen atoms in total. The van der Waals surface area contributed by atoms with E-state index < -0.39 is 5.91 Å². The number of carbonyl (C=O) groups is 3. The summed E-state index contributed by atoms with van der Waals surface area (Å²) in [7, 11) is 0. The van der Waals surface area contributed by atoms with Gasteiger partial charge in [-0.1, -0.05) is 30.3 Å². The van der Waals surface area contributed by atoms with Gasteiger partial charge in [0.2, 0.25) is 5.91 Å². The third-order valence-corrected chi connectivity index (χ3v) is 5.05. The van der Waals surface area contributed by atoms with Crippen LogP contribution in [0.25, 0.3) is 10.9 Å². The molecule has 1 fully saturated rings. The van der Waals surface area contributed by atoms with Crippen molar-refractivity contribution in [2.24, 2.45) is 5.73 Å². The fourth-order valence-corrected chi connectivity index (χ4v) is 3.35. The van der Waals surface area contributed by atoms with Crippen LogP contribution in [0.5, 0.6) is 0 Å². The molecule has 3 amide bonds. The molecule has 3 aromatic rings. The lowest BCUT2D eigenvalue weighted by Gasteiger charge is -2.13. The number of pyridine rings is 1. The van der Waals surface area contributed by atoms with E-state index in [1.165, 1.54) is 0 Å². The Hall–Kier alpha value is -3.74. The van der Waals surface area contributed by atoms with Gasteiger partial charge < -0.3 is 16.4 Å². The highest BCUT2D eigenvalue weighted by atomic mass is 16.2. The molecule has 0 atom stereocenters.